The van der Waals surface area contributed by atoms with E-state index in [1.807, 2.05) is 17.9 Å². The molecule has 0 aromatic rings. The monoisotopic (exact) mass is 293 g/mol. The van der Waals surface area contributed by atoms with Gasteiger partial charge in [-0.1, -0.05) is 26.8 Å². The molecular weight excluding hydrogens is 266 g/mol. The van der Waals surface area contributed by atoms with Crippen LogP contribution in [0.1, 0.15) is 40.5 Å². The summed E-state index contributed by atoms with van der Waals surface area (Å²) >= 11 is 0. The maximum Gasteiger partial charge on any atom is 0.270 e. The molecule has 118 valence electrons. The highest BCUT2D eigenvalue weighted by molar-refractivity contribution is 5.94. The molecule has 5 heteroatoms. The van der Waals surface area contributed by atoms with Crippen molar-refractivity contribution < 1.29 is 9.90 Å². The Morgan fingerprint density at radius 3 is 2.90 bits per heavy atom. The minimum absolute atomic E-state index is 0.0219. The number of β-amino-alcohol motifs (C(OH)–C–C–N with tert-alkyl or cyclic N) is 1. The lowest BCUT2D eigenvalue weighted by atomic mass is 9.98. The summed E-state index contributed by atoms with van der Waals surface area (Å²) in [4.78, 5) is 14.5. The van der Waals surface area contributed by atoms with Crippen LogP contribution in [0.3, 0.4) is 0 Å². The summed E-state index contributed by atoms with van der Waals surface area (Å²) in [5, 5.41) is 16.7. The van der Waals surface area contributed by atoms with E-state index in [1.54, 1.807) is 6.20 Å². The molecule has 2 heterocycles. The van der Waals surface area contributed by atoms with Gasteiger partial charge in [-0.2, -0.15) is 0 Å². The molecule has 21 heavy (non-hydrogen) atoms. The van der Waals surface area contributed by atoms with E-state index in [0.717, 1.165) is 13.0 Å². The first-order valence-electron chi connectivity index (χ1n) is 7.82. The molecule has 0 saturated carbocycles. The Balaban J connectivity index is 2.12. The lowest BCUT2D eigenvalue weighted by Crippen LogP contribution is -2.48. The van der Waals surface area contributed by atoms with Crippen LogP contribution in [0.5, 0.6) is 0 Å². The number of nitrogens with zero attached hydrogens (tertiary/aromatic N) is 1. The number of amides is 1. The Hall–Kier alpha value is -1.49. The molecule has 0 aliphatic carbocycles. The van der Waals surface area contributed by atoms with Crippen LogP contribution in [0.25, 0.3) is 0 Å². The molecule has 2 aliphatic heterocycles. The van der Waals surface area contributed by atoms with Gasteiger partial charge >= 0.3 is 0 Å². The molecule has 1 amide bonds. The maximum atomic E-state index is 12.6. The molecule has 0 fully saturated rings. The summed E-state index contributed by atoms with van der Waals surface area (Å²) in [5.41, 5.74) is 0.354. The molecule has 2 rings (SSSR count). The average molecular weight is 293 g/mol. The van der Waals surface area contributed by atoms with E-state index in [4.69, 9.17) is 0 Å². The zero-order valence-corrected chi connectivity index (χ0v) is 13.4. The van der Waals surface area contributed by atoms with Crippen LogP contribution >= 0.6 is 0 Å². The zero-order chi connectivity index (χ0) is 15.6. The minimum Gasteiger partial charge on any atom is -0.386 e. The Morgan fingerprint density at radius 1 is 1.57 bits per heavy atom. The molecule has 5 nitrogen and oxygen atoms in total. The van der Waals surface area contributed by atoms with Gasteiger partial charge in [0.1, 0.15) is 11.3 Å². The van der Waals surface area contributed by atoms with E-state index in [-0.39, 0.29) is 11.9 Å². The lowest BCUT2D eigenvalue weighted by Gasteiger charge is -2.35. The molecule has 1 unspecified atom stereocenters. The molecule has 0 spiro atoms. The molecule has 3 N–H and O–H groups in total. The SMILES string of the molecule is CC[C@]1(O)CNC=C1NC1=CCC(C)N(CC(C)C)C1=O. The third kappa shape index (κ3) is 3.23. The summed E-state index contributed by atoms with van der Waals surface area (Å²) in [6.07, 6.45) is 5.15. The standard InChI is InChI=1S/C16H27N3O2/c1-5-16(21)10-17-8-14(16)18-13-7-6-12(4)19(15(13)20)9-11(2)3/h7-8,11-12,17-18,21H,5-6,9-10H2,1-4H3/t12?,16-/m0/s1. The van der Waals surface area contributed by atoms with Gasteiger partial charge < -0.3 is 20.6 Å². The molecule has 2 atom stereocenters. The topological polar surface area (TPSA) is 64.6 Å². The minimum atomic E-state index is -0.910. The Bertz CT molecular complexity index is 470. The molecule has 0 saturated heterocycles. The van der Waals surface area contributed by atoms with E-state index in [2.05, 4.69) is 31.4 Å². The van der Waals surface area contributed by atoms with Crippen LogP contribution in [-0.4, -0.2) is 40.6 Å². The first-order chi connectivity index (χ1) is 9.87. The first kappa shape index (κ1) is 15.9. The number of hydrogen-bond acceptors (Lipinski definition) is 4. The molecule has 0 aromatic heterocycles. The highest BCUT2D eigenvalue weighted by Gasteiger charge is 2.36. The fraction of sp³-hybridized carbons (Fsp3) is 0.688. The van der Waals surface area contributed by atoms with Crippen LogP contribution < -0.4 is 10.6 Å². The number of carbonyl (C=O) groups excluding carboxylic acids is 1. The van der Waals surface area contributed by atoms with Crippen molar-refractivity contribution in [3.05, 3.63) is 23.7 Å². The van der Waals surface area contributed by atoms with E-state index in [0.29, 0.717) is 30.3 Å². The first-order valence-corrected chi connectivity index (χ1v) is 7.82. The lowest BCUT2D eigenvalue weighted by molar-refractivity contribution is -0.130. The third-order valence-electron chi connectivity index (χ3n) is 4.24. The van der Waals surface area contributed by atoms with Crippen LogP contribution in [0.2, 0.25) is 0 Å². The zero-order valence-electron chi connectivity index (χ0n) is 13.4. The molecular formula is C16H27N3O2. The van der Waals surface area contributed by atoms with E-state index < -0.39 is 5.60 Å². The predicted molar refractivity (Wildman–Crippen MR) is 83.2 cm³/mol. The van der Waals surface area contributed by atoms with Gasteiger partial charge in [-0.25, -0.2) is 0 Å². The number of hydrogen-bond donors (Lipinski definition) is 3. The van der Waals surface area contributed by atoms with Crippen molar-refractivity contribution >= 4 is 5.91 Å². The maximum absolute atomic E-state index is 12.6. The van der Waals surface area contributed by atoms with Crippen molar-refractivity contribution in [1.82, 2.24) is 15.5 Å². The van der Waals surface area contributed by atoms with Crippen molar-refractivity contribution in [2.75, 3.05) is 13.1 Å². The van der Waals surface area contributed by atoms with Gasteiger partial charge in [0.15, 0.2) is 0 Å². The van der Waals surface area contributed by atoms with Gasteiger partial charge in [-0.15, -0.1) is 0 Å². The number of nitrogens with one attached hydrogen (secondary N) is 2. The third-order valence-corrected chi connectivity index (χ3v) is 4.24. The van der Waals surface area contributed by atoms with E-state index >= 15 is 0 Å². The van der Waals surface area contributed by atoms with Crippen molar-refractivity contribution in [2.24, 2.45) is 5.92 Å². The largest absolute Gasteiger partial charge is 0.386 e. The second-order valence-electron chi connectivity index (χ2n) is 6.50. The van der Waals surface area contributed by atoms with Crippen molar-refractivity contribution in [1.29, 1.82) is 0 Å². The normalized spacial score (nSPS) is 29.3. The van der Waals surface area contributed by atoms with Gasteiger partial charge in [0, 0.05) is 25.3 Å². The van der Waals surface area contributed by atoms with E-state index in [9.17, 15) is 9.90 Å². The van der Waals surface area contributed by atoms with Crippen molar-refractivity contribution in [3.63, 3.8) is 0 Å². The number of rotatable bonds is 5. The highest BCUT2D eigenvalue weighted by Crippen LogP contribution is 2.25. The Kier molecular flexibility index (Phi) is 4.61. The van der Waals surface area contributed by atoms with Crippen LogP contribution in [0.4, 0.5) is 0 Å². The van der Waals surface area contributed by atoms with Crippen molar-refractivity contribution in [3.8, 4) is 0 Å². The van der Waals surface area contributed by atoms with Gasteiger partial charge in [0.25, 0.3) is 5.91 Å². The second kappa shape index (κ2) is 6.10. The van der Waals surface area contributed by atoms with E-state index in [1.165, 1.54) is 0 Å². The molecule has 0 bridgehead atoms. The summed E-state index contributed by atoms with van der Waals surface area (Å²) in [6.45, 7) is 9.49. The predicted octanol–water partition coefficient (Wildman–Crippen LogP) is 1.32. The quantitative estimate of drug-likeness (QED) is 0.715. The highest BCUT2D eigenvalue weighted by atomic mass is 16.3. The molecule has 0 radical (unpaired) electrons. The number of carbonyl (C=O) groups is 1. The number of aliphatic hydroxyl groups is 1. The average Bonchev–Trinajstić information content (AvgIpc) is 2.80. The van der Waals surface area contributed by atoms with Crippen LogP contribution in [0.15, 0.2) is 23.7 Å². The molecule has 0 aromatic carbocycles. The van der Waals surface area contributed by atoms with Gasteiger partial charge in [-0.3, -0.25) is 4.79 Å². The molecule has 2 aliphatic rings. The fourth-order valence-electron chi connectivity index (χ4n) is 2.78. The summed E-state index contributed by atoms with van der Waals surface area (Å²) in [7, 11) is 0. The van der Waals surface area contributed by atoms with Crippen LogP contribution in [-0.2, 0) is 4.79 Å². The van der Waals surface area contributed by atoms with Crippen molar-refractivity contribution in [2.45, 2.75) is 52.2 Å². The smallest absolute Gasteiger partial charge is 0.270 e. The fourth-order valence-corrected chi connectivity index (χ4v) is 2.78. The van der Waals surface area contributed by atoms with Crippen LogP contribution in [0, 0.1) is 5.92 Å². The van der Waals surface area contributed by atoms with Gasteiger partial charge in [0.2, 0.25) is 0 Å². The van der Waals surface area contributed by atoms with Gasteiger partial charge in [0.05, 0.1) is 5.70 Å². The summed E-state index contributed by atoms with van der Waals surface area (Å²) in [6, 6.07) is 0.228. The Morgan fingerprint density at radius 2 is 2.29 bits per heavy atom. The summed E-state index contributed by atoms with van der Waals surface area (Å²) in [5.74, 6) is 0.462. The second-order valence-corrected chi connectivity index (χ2v) is 6.50. The summed E-state index contributed by atoms with van der Waals surface area (Å²) < 4.78 is 0. The van der Waals surface area contributed by atoms with Gasteiger partial charge in [-0.05, 0) is 25.7 Å². The Labute approximate surface area is 127 Å².